The maximum Gasteiger partial charge on any atom is 0.293 e. The molecule has 1 aliphatic heterocycles. The van der Waals surface area contributed by atoms with Gasteiger partial charge in [-0.15, -0.1) is 0 Å². The minimum absolute atomic E-state index is 0.170. The summed E-state index contributed by atoms with van der Waals surface area (Å²) in [6.07, 6.45) is 1.76. The zero-order valence-corrected chi connectivity index (χ0v) is 19.8. The van der Waals surface area contributed by atoms with Gasteiger partial charge in [-0.05, 0) is 79.7 Å². The van der Waals surface area contributed by atoms with E-state index in [9.17, 15) is 9.59 Å². The van der Waals surface area contributed by atoms with Crippen LogP contribution in [0.15, 0.2) is 59.5 Å². The van der Waals surface area contributed by atoms with E-state index in [1.807, 2.05) is 48.7 Å². The van der Waals surface area contributed by atoms with E-state index in [2.05, 4.69) is 0 Å². The molecule has 0 N–H and O–H groups in total. The number of imide groups is 1. The molecule has 0 aliphatic carbocycles. The first kappa shape index (κ1) is 22.5. The van der Waals surface area contributed by atoms with Crippen LogP contribution < -0.4 is 4.74 Å². The molecule has 1 fully saturated rings. The second kappa shape index (κ2) is 9.45. The van der Waals surface area contributed by atoms with Gasteiger partial charge in [0.1, 0.15) is 12.4 Å². The molecule has 8 heteroatoms. The van der Waals surface area contributed by atoms with Gasteiger partial charge in [-0.2, -0.15) is 0 Å². The summed E-state index contributed by atoms with van der Waals surface area (Å²) in [5.41, 5.74) is 3.66. The zero-order chi connectivity index (χ0) is 22.8. The monoisotopic (exact) mass is 486 g/mol. The fourth-order valence-corrected chi connectivity index (χ4v) is 4.76. The fourth-order valence-electron chi connectivity index (χ4n) is 3.56. The maximum atomic E-state index is 12.8. The Balaban J connectivity index is 1.50. The second-order valence-electron chi connectivity index (χ2n) is 7.25. The highest BCUT2D eigenvalue weighted by Crippen LogP contribution is 2.34. The highest BCUT2D eigenvalue weighted by molar-refractivity contribution is 8.18. The third-order valence-corrected chi connectivity index (χ3v) is 6.60. The number of halogens is 2. The second-order valence-corrected chi connectivity index (χ2v) is 9.09. The smallest absolute Gasteiger partial charge is 0.293 e. The summed E-state index contributed by atoms with van der Waals surface area (Å²) in [6.45, 7) is 4.32. The van der Waals surface area contributed by atoms with E-state index in [-0.39, 0.29) is 24.3 Å². The lowest BCUT2D eigenvalue weighted by molar-refractivity contribution is -0.123. The normalized spacial score (nSPS) is 15.1. The predicted octanol–water partition coefficient (Wildman–Crippen LogP) is 6.52. The Labute approximate surface area is 200 Å². The lowest BCUT2D eigenvalue weighted by atomic mass is 10.2. The number of rotatable bonds is 6. The Morgan fingerprint density at radius 2 is 1.75 bits per heavy atom. The van der Waals surface area contributed by atoms with Gasteiger partial charge in [-0.1, -0.05) is 35.3 Å². The number of carbonyl (C=O) groups is 2. The summed E-state index contributed by atoms with van der Waals surface area (Å²) in [5, 5.41) is 0.949. The molecule has 4 rings (SSSR count). The van der Waals surface area contributed by atoms with Crippen LogP contribution in [-0.2, 0) is 4.79 Å². The molecule has 1 aromatic heterocycles. The molecule has 32 heavy (non-hydrogen) atoms. The third-order valence-electron chi connectivity index (χ3n) is 5.12. The number of amides is 2. The first-order valence-electron chi connectivity index (χ1n) is 9.92. The summed E-state index contributed by atoms with van der Waals surface area (Å²) in [5.74, 6) is 0.311. The summed E-state index contributed by atoms with van der Waals surface area (Å²) in [7, 11) is 0. The molecular weight excluding hydrogens is 467 g/mol. The van der Waals surface area contributed by atoms with Gasteiger partial charge < -0.3 is 9.30 Å². The van der Waals surface area contributed by atoms with Crippen LogP contribution in [0.3, 0.4) is 0 Å². The van der Waals surface area contributed by atoms with Crippen molar-refractivity contribution in [2.45, 2.75) is 13.8 Å². The molecule has 3 aromatic rings. The Hall–Kier alpha value is -2.67. The molecule has 164 valence electrons. The molecule has 2 heterocycles. The molecular formula is C24H20Cl2N2O3S. The van der Waals surface area contributed by atoms with Crippen molar-refractivity contribution in [1.29, 1.82) is 0 Å². The molecule has 1 aliphatic rings. The van der Waals surface area contributed by atoms with Gasteiger partial charge in [0.15, 0.2) is 0 Å². The average Bonchev–Trinajstić information content (AvgIpc) is 3.19. The Kier molecular flexibility index (Phi) is 6.65. The lowest BCUT2D eigenvalue weighted by Crippen LogP contribution is -2.32. The van der Waals surface area contributed by atoms with Crippen LogP contribution in [0.4, 0.5) is 4.79 Å². The van der Waals surface area contributed by atoms with Gasteiger partial charge in [0.05, 0.1) is 22.2 Å². The Morgan fingerprint density at radius 1 is 1.03 bits per heavy atom. The number of ether oxygens (including phenoxy) is 1. The van der Waals surface area contributed by atoms with Crippen LogP contribution in [0.1, 0.15) is 17.0 Å². The number of thioether (sulfide) groups is 1. The minimum atomic E-state index is -0.317. The SMILES string of the molecule is Cc1cc(/C=C2\SC(=O)N(CCOc3ccc(Cl)cc3)C2=O)c(C)n1-c1ccccc1Cl. The van der Waals surface area contributed by atoms with E-state index in [1.165, 1.54) is 4.90 Å². The van der Waals surface area contributed by atoms with Crippen LogP contribution in [0.25, 0.3) is 11.8 Å². The van der Waals surface area contributed by atoms with Crippen molar-refractivity contribution >= 4 is 52.2 Å². The van der Waals surface area contributed by atoms with Crippen molar-refractivity contribution in [1.82, 2.24) is 9.47 Å². The van der Waals surface area contributed by atoms with Crippen LogP contribution in [0.2, 0.25) is 10.0 Å². The van der Waals surface area contributed by atoms with E-state index < -0.39 is 0 Å². The quantitative estimate of drug-likeness (QED) is 0.372. The van der Waals surface area contributed by atoms with E-state index >= 15 is 0 Å². The molecule has 0 atom stereocenters. The Bertz CT molecular complexity index is 1220. The minimum Gasteiger partial charge on any atom is -0.492 e. The summed E-state index contributed by atoms with van der Waals surface area (Å²) in [4.78, 5) is 26.9. The van der Waals surface area contributed by atoms with Crippen molar-refractivity contribution in [2.75, 3.05) is 13.2 Å². The van der Waals surface area contributed by atoms with Crippen molar-refractivity contribution in [3.8, 4) is 11.4 Å². The zero-order valence-electron chi connectivity index (χ0n) is 17.5. The van der Waals surface area contributed by atoms with Crippen molar-refractivity contribution in [2.24, 2.45) is 0 Å². The number of aromatic nitrogens is 1. The molecule has 1 saturated heterocycles. The van der Waals surface area contributed by atoms with E-state index in [1.54, 1.807) is 30.3 Å². The van der Waals surface area contributed by atoms with Gasteiger partial charge >= 0.3 is 0 Å². The molecule has 0 saturated carbocycles. The summed E-state index contributed by atoms with van der Waals surface area (Å²) in [6, 6.07) is 16.5. The molecule has 5 nitrogen and oxygen atoms in total. The number of benzene rings is 2. The summed E-state index contributed by atoms with van der Waals surface area (Å²) >= 11 is 13.2. The number of aryl methyl sites for hydroxylation is 1. The third kappa shape index (κ3) is 4.58. The lowest BCUT2D eigenvalue weighted by Gasteiger charge is -2.13. The molecule has 2 amide bonds. The largest absolute Gasteiger partial charge is 0.492 e. The first-order valence-corrected chi connectivity index (χ1v) is 11.5. The average molecular weight is 487 g/mol. The molecule has 2 aromatic carbocycles. The molecule has 0 spiro atoms. The van der Waals surface area contributed by atoms with Crippen LogP contribution >= 0.6 is 35.0 Å². The number of carbonyl (C=O) groups excluding carboxylic acids is 2. The van der Waals surface area contributed by atoms with E-state index in [0.29, 0.717) is 20.7 Å². The molecule has 0 unspecified atom stereocenters. The molecule has 0 radical (unpaired) electrons. The van der Waals surface area contributed by atoms with Crippen molar-refractivity contribution in [3.63, 3.8) is 0 Å². The number of nitrogens with zero attached hydrogens (tertiary/aromatic N) is 2. The number of hydrogen-bond acceptors (Lipinski definition) is 4. The van der Waals surface area contributed by atoms with E-state index in [0.717, 1.165) is 34.4 Å². The number of para-hydroxylation sites is 1. The highest BCUT2D eigenvalue weighted by Gasteiger charge is 2.35. The Morgan fingerprint density at radius 3 is 2.47 bits per heavy atom. The standard InChI is InChI=1S/C24H20Cl2N2O3S/c1-15-13-17(16(2)28(15)21-6-4-3-5-20(21)26)14-22-23(29)27(24(30)32-22)11-12-31-19-9-7-18(25)8-10-19/h3-10,13-14H,11-12H2,1-2H3/b22-14-. The van der Waals surface area contributed by atoms with Gasteiger partial charge in [0.25, 0.3) is 11.1 Å². The van der Waals surface area contributed by atoms with Crippen LogP contribution in [0.5, 0.6) is 5.75 Å². The molecule has 0 bridgehead atoms. The topological polar surface area (TPSA) is 51.5 Å². The summed E-state index contributed by atoms with van der Waals surface area (Å²) < 4.78 is 7.66. The van der Waals surface area contributed by atoms with Crippen LogP contribution in [-0.4, -0.2) is 33.8 Å². The predicted molar refractivity (Wildman–Crippen MR) is 130 cm³/mol. The maximum absolute atomic E-state index is 12.8. The van der Waals surface area contributed by atoms with Crippen molar-refractivity contribution < 1.29 is 14.3 Å². The number of hydrogen-bond donors (Lipinski definition) is 0. The van der Waals surface area contributed by atoms with Gasteiger partial charge in [0.2, 0.25) is 0 Å². The first-order chi connectivity index (χ1) is 15.3. The van der Waals surface area contributed by atoms with Gasteiger partial charge in [0, 0.05) is 16.4 Å². The van der Waals surface area contributed by atoms with Gasteiger partial charge in [-0.3, -0.25) is 14.5 Å². The van der Waals surface area contributed by atoms with Gasteiger partial charge in [-0.25, -0.2) is 0 Å². The van der Waals surface area contributed by atoms with Crippen LogP contribution in [0, 0.1) is 13.8 Å². The van der Waals surface area contributed by atoms with E-state index in [4.69, 9.17) is 27.9 Å². The van der Waals surface area contributed by atoms with Crippen molar-refractivity contribution in [3.05, 3.63) is 86.5 Å². The highest BCUT2D eigenvalue weighted by atomic mass is 35.5. The fraction of sp³-hybridized carbons (Fsp3) is 0.167.